The summed E-state index contributed by atoms with van der Waals surface area (Å²) in [5.74, 6) is 0.0276. The molecule has 0 saturated heterocycles. The molecule has 0 heterocycles. The first-order valence-electron chi connectivity index (χ1n) is 6.45. The second kappa shape index (κ2) is 6.34. The number of fused-ring (bicyclic) bond motifs is 1. The number of benzene rings is 2. The van der Waals surface area contributed by atoms with Gasteiger partial charge in [0.15, 0.2) is 0 Å². The van der Waals surface area contributed by atoms with Gasteiger partial charge in [-0.2, -0.15) is 0 Å². The van der Waals surface area contributed by atoms with Crippen LogP contribution in [0.15, 0.2) is 42.5 Å². The van der Waals surface area contributed by atoms with Crippen LogP contribution in [0.1, 0.15) is 12.5 Å². The zero-order valence-electron chi connectivity index (χ0n) is 11.3. The van der Waals surface area contributed by atoms with E-state index in [2.05, 4.69) is 29.6 Å². The van der Waals surface area contributed by atoms with Crippen molar-refractivity contribution in [3.8, 4) is 0 Å². The minimum absolute atomic E-state index is 0.0276. The molecule has 0 aliphatic rings. The Morgan fingerprint density at radius 2 is 1.95 bits per heavy atom. The quantitative estimate of drug-likeness (QED) is 0.894. The molecule has 3 heteroatoms. The first-order valence-corrected chi connectivity index (χ1v) is 6.45. The molecule has 100 valence electrons. The number of methoxy groups -OCH3 is 1. The van der Waals surface area contributed by atoms with Crippen LogP contribution in [0, 0.1) is 0 Å². The van der Waals surface area contributed by atoms with Gasteiger partial charge < -0.3 is 10.1 Å². The fourth-order valence-electron chi connectivity index (χ4n) is 2.15. The van der Waals surface area contributed by atoms with Crippen LogP contribution in [0.3, 0.4) is 0 Å². The average molecular weight is 257 g/mol. The summed E-state index contributed by atoms with van der Waals surface area (Å²) in [6.07, 6.45) is 0.402. The summed E-state index contributed by atoms with van der Waals surface area (Å²) >= 11 is 0. The lowest BCUT2D eigenvalue weighted by molar-refractivity contribution is -0.121. The molecule has 2 aromatic carbocycles. The third kappa shape index (κ3) is 3.80. The largest absolute Gasteiger partial charge is 0.383 e. The maximum absolute atomic E-state index is 11.9. The van der Waals surface area contributed by atoms with Crippen molar-refractivity contribution in [1.82, 2.24) is 5.32 Å². The number of rotatable bonds is 5. The van der Waals surface area contributed by atoms with Crippen LogP contribution < -0.4 is 5.32 Å². The fraction of sp³-hybridized carbons (Fsp3) is 0.312. The number of ether oxygens (including phenoxy) is 1. The first kappa shape index (κ1) is 13.6. The molecule has 0 aliphatic carbocycles. The molecule has 0 unspecified atom stereocenters. The van der Waals surface area contributed by atoms with E-state index >= 15 is 0 Å². The number of nitrogens with one attached hydrogen (secondary N) is 1. The fourth-order valence-corrected chi connectivity index (χ4v) is 2.15. The SMILES string of the molecule is COC[C@H](C)NC(=O)Cc1ccc2ccccc2c1. The van der Waals surface area contributed by atoms with Crippen LogP contribution in [0.2, 0.25) is 0 Å². The summed E-state index contributed by atoms with van der Waals surface area (Å²) in [7, 11) is 1.63. The van der Waals surface area contributed by atoms with Crippen LogP contribution in [0.5, 0.6) is 0 Å². The molecular weight excluding hydrogens is 238 g/mol. The molecule has 2 rings (SSSR count). The van der Waals surface area contributed by atoms with Gasteiger partial charge in [0, 0.05) is 13.2 Å². The predicted molar refractivity (Wildman–Crippen MR) is 77.1 cm³/mol. The van der Waals surface area contributed by atoms with Gasteiger partial charge >= 0.3 is 0 Å². The van der Waals surface area contributed by atoms with Gasteiger partial charge in [-0.1, -0.05) is 42.5 Å². The Morgan fingerprint density at radius 1 is 1.21 bits per heavy atom. The van der Waals surface area contributed by atoms with Gasteiger partial charge in [0.05, 0.1) is 13.0 Å². The molecule has 0 spiro atoms. The van der Waals surface area contributed by atoms with Gasteiger partial charge in [-0.25, -0.2) is 0 Å². The average Bonchev–Trinajstić information content (AvgIpc) is 2.38. The van der Waals surface area contributed by atoms with E-state index in [0.717, 1.165) is 10.9 Å². The number of amides is 1. The smallest absolute Gasteiger partial charge is 0.224 e. The van der Waals surface area contributed by atoms with Crippen molar-refractivity contribution in [2.45, 2.75) is 19.4 Å². The first-order chi connectivity index (χ1) is 9.19. The van der Waals surface area contributed by atoms with Crippen molar-refractivity contribution >= 4 is 16.7 Å². The zero-order chi connectivity index (χ0) is 13.7. The monoisotopic (exact) mass is 257 g/mol. The summed E-state index contributed by atoms with van der Waals surface area (Å²) in [5, 5.41) is 5.27. The highest BCUT2D eigenvalue weighted by molar-refractivity contribution is 5.85. The van der Waals surface area contributed by atoms with Crippen molar-refractivity contribution in [3.05, 3.63) is 48.0 Å². The third-order valence-corrected chi connectivity index (χ3v) is 3.00. The van der Waals surface area contributed by atoms with E-state index in [0.29, 0.717) is 13.0 Å². The lowest BCUT2D eigenvalue weighted by atomic mass is 10.0. The maximum Gasteiger partial charge on any atom is 0.224 e. The molecule has 3 nitrogen and oxygen atoms in total. The van der Waals surface area contributed by atoms with Crippen LogP contribution >= 0.6 is 0 Å². The summed E-state index contributed by atoms with van der Waals surface area (Å²) in [4.78, 5) is 11.9. The highest BCUT2D eigenvalue weighted by Gasteiger charge is 2.08. The van der Waals surface area contributed by atoms with Gasteiger partial charge in [-0.05, 0) is 23.3 Å². The molecule has 0 fully saturated rings. The van der Waals surface area contributed by atoms with Crippen LogP contribution in [0.25, 0.3) is 10.8 Å². The topological polar surface area (TPSA) is 38.3 Å². The van der Waals surface area contributed by atoms with E-state index in [4.69, 9.17) is 4.74 Å². The Labute approximate surface area is 113 Å². The minimum Gasteiger partial charge on any atom is -0.383 e. The van der Waals surface area contributed by atoms with Gasteiger partial charge in [0.2, 0.25) is 5.91 Å². The second-order valence-electron chi connectivity index (χ2n) is 4.78. The summed E-state index contributed by atoms with van der Waals surface area (Å²) in [6, 6.07) is 14.3. The Kier molecular flexibility index (Phi) is 4.53. The molecule has 2 aromatic rings. The molecule has 0 aromatic heterocycles. The lowest BCUT2D eigenvalue weighted by Gasteiger charge is -2.12. The molecule has 0 bridgehead atoms. The predicted octanol–water partition coefficient (Wildman–Crippen LogP) is 2.53. The van der Waals surface area contributed by atoms with Crippen molar-refractivity contribution in [3.63, 3.8) is 0 Å². The number of carbonyl (C=O) groups is 1. The number of carbonyl (C=O) groups excluding carboxylic acids is 1. The van der Waals surface area contributed by atoms with Crippen LogP contribution in [0.4, 0.5) is 0 Å². The molecule has 0 saturated carbocycles. The summed E-state index contributed by atoms with van der Waals surface area (Å²) in [5.41, 5.74) is 1.03. The molecule has 1 N–H and O–H groups in total. The van der Waals surface area contributed by atoms with Crippen molar-refractivity contribution in [1.29, 1.82) is 0 Å². The van der Waals surface area contributed by atoms with E-state index in [1.54, 1.807) is 7.11 Å². The van der Waals surface area contributed by atoms with Crippen molar-refractivity contribution in [2.75, 3.05) is 13.7 Å². The normalized spacial score (nSPS) is 12.3. The summed E-state index contributed by atoms with van der Waals surface area (Å²) < 4.78 is 5.00. The molecule has 1 atom stereocenters. The Hall–Kier alpha value is -1.87. The molecule has 19 heavy (non-hydrogen) atoms. The van der Waals surface area contributed by atoms with Gasteiger partial charge in [-0.3, -0.25) is 4.79 Å². The van der Waals surface area contributed by atoms with Crippen molar-refractivity contribution < 1.29 is 9.53 Å². The Balaban J connectivity index is 2.02. The minimum atomic E-state index is 0.0276. The zero-order valence-corrected chi connectivity index (χ0v) is 11.3. The second-order valence-corrected chi connectivity index (χ2v) is 4.78. The molecule has 1 amide bonds. The van der Waals surface area contributed by atoms with Crippen molar-refractivity contribution in [2.24, 2.45) is 0 Å². The highest BCUT2D eigenvalue weighted by atomic mass is 16.5. The summed E-state index contributed by atoms with van der Waals surface area (Å²) in [6.45, 7) is 2.46. The maximum atomic E-state index is 11.9. The number of hydrogen-bond acceptors (Lipinski definition) is 2. The van der Waals surface area contributed by atoms with Gasteiger partial charge in [-0.15, -0.1) is 0 Å². The van der Waals surface area contributed by atoms with E-state index < -0.39 is 0 Å². The van der Waals surface area contributed by atoms with Gasteiger partial charge in [0.1, 0.15) is 0 Å². The van der Waals surface area contributed by atoms with E-state index in [9.17, 15) is 4.79 Å². The van der Waals surface area contributed by atoms with Crippen LogP contribution in [-0.4, -0.2) is 25.7 Å². The number of hydrogen-bond donors (Lipinski definition) is 1. The standard InChI is InChI=1S/C16H19NO2/c1-12(11-19-2)17-16(18)10-13-7-8-14-5-3-4-6-15(14)9-13/h3-9,12H,10-11H2,1-2H3,(H,17,18)/t12-/m0/s1. The van der Waals surface area contributed by atoms with Gasteiger partial charge in [0.25, 0.3) is 0 Å². The van der Waals surface area contributed by atoms with Crippen LogP contribution in [-0.2, 0) is 16.0 Å². The third-order valence-electron chi connectivity index (χ3n) is 3.00. The Morgan fingerprint density at radius 3 is 2.68 bits per heavy atom. The highest BCUT2D eigenvalue weighted by Crippen LogP contribution is 2.15. The van der Waals surface area contributed by atoms with E-state index in [1.807, 2.05) is 25.1 Å². The lowest BCUT2D eigenvalue weighted by Crippen LogP contribution is -2.36. The van der Waals surface area contributed by atoms with E-state index in [1.165, 1.54) is 5.39 Å². The molecule has 0 radical (unpaired) electrons. The molecular formula is C16H19NO2. The van der Waals surface area contributed by atoms with E-state index in [-0.39, 0.29) is 11.9 Å². The molecule has 0 aliphatic heterocycles. The Bertz CT molecular complexity index is 565.